The van der Waals surface area contributed by atoms with Crippen molar-refractivity contribution in [2.75, 3.05) is 0 Å². The van der Waals surface area contributed by atoms with Crippen LogP contribution in [0.4, 0.5) is 0 Å². The first-order valence-electron chi connectivity index (χ1n) is 4.69. The van der Waals surface area contributed by atoms with Gasteiger partial charge in [0.2, 0.25) is 0 Å². The van der Waals surface area contributed by atoms with E-state index in [9.17, 15) is 9.59 Å². The van der Waals surface area contributed by atoms with E-state index in [4.69, 9.17) is 15.9 Å². The fraction of sp³-hybridized carbons (Fsp3) is 0.778. The summed E-state index contributed by atoms with van der Waals surface area (Å²) in [6, 6.07) is -1.07. The average molecular weight is 240 g/mol. The lowest BCUT2D eigenvalue weighted by Gasteiger charge is -2.18. The van der Waals surface area contributed by atoms with Gasteiger partial charge in [-0.25, -0.2) is 0 Å². The summed E-state index contributed by atoms with van der Waals surface area (Å²) in [6.45, 7) is 1.96. The zero-order valence-electron chi connectivity index (χ0n) is 8.68. The van der Waals surface area contributed by atoms with Crippen LogP contribution in [0.25, 0.3) is 0 Å². The average Bonchev–Trinajstić information content (AvgIpc) is 2.10. The van der Waals surface area contributed by atoms with E-state index in [-0.39, 0.29) is 18.8 Å². The third-order valence-corrected chi connectivity index (χ3v) is 2.16. The van der Waals surface area contributed by atoms with E-state index in [0.29, 0.717) is 6.42 Å². The minimum absolute atomic E-state index is 0. The zero-order chi connectivity index (χ0) is 11.1. The molecule has 0 amide bonds. The maximum atomic E-state index is 10.6. The van der Waals surface area contributed by atoms with Crippen LogP contribution >= 0.6 is 12.4 Å². The monoisotopic (exact) mass is 239 g/mol. The van der Waals surface area contributed by atoms with Gasteiger partial charge in [0.25, 0.3) is 0 Å². The van der Waals surface area contributed by atoms with Gasteiger partial charge in [0.15, 0.2) is 0 Å². The van der Waals surface area contributed by atoms with Gasteiger partial charge in [-0.3, -0.25) is 9.59 Å². The second kappa shape index (κ2) is 8.49. The second-order valence-corrected chi connectivity index (χ2v) is 3.36. The van der Waals surface area contributed by atoms with Crippen LogP contribution in [-0.2, 0) is 9.59 Å². The zero-order valence-corrected chi connectivity index (χ0v) is 9.50. The molecule has 0 aromatic carbocycles. The number of hydrogen-bond acceptors (Lipinski definition) is 3. The molecule has 0 rings (SSSR count). The Morgan fingerprint density at radius 3 is 2.20 bits per heavy atom. The van der Waals surface area contributed by atoms with Gasteiger partial charge in [0, 0.05) is 0 Å². The summed E-state index contributed by atoms with van der Waals surface area (Å²) in [5.74, 6) is -2.60. The molecule has 0 heterocycles. The topological polar surface area (TPSA) is 101 Å². The Bertz CT molecular complexity index is 210. The first kappa shape index (κ1) is 16.6. The van der Waals surface area contributed by atoms with Crippen LogP contribution in [-0.4, -0.2) is 28.2 Å². The van der Waals surface area contributed by atoms with Gasteiger partial charge in [-0.1, -0.05) is 19.8 Å². The molecule has 0 saturated carbocycles. The van der Waals surface area contributed by atoms with E-state index in [1.54, 1.807) is 0 Å². The molecule has 0 saturated heterocycles. The molecule has 90 valence electrons. The molecule has 0 aliphatic carbocycles. The Balaban J connectivity index is 0. The minimum atomic E-state index is -1.13. The van der Waals surface area contributed by atoms with E-state index in [1.165, 1.54) is 0 Å². The molecule has 0 aliphatic heterocycles. The molecule has 5 nitrogen and oxygen atoms in total. The SMILES string of the molecule is CCCCC(CC(=O)O)[C@H](N)C(=O)O.Cl. The van der Waals surface area contributed by atoms with Crippen molar-refractivity contribution in [1.82, 2.24) is 0 Å². The first-order chi connectivity index (χ1) is 6.49. The van der Waals surface area contributed by atoms with Gasteiger partial charge in [0.05, 0.1) is 6.42 Å². The molecular formula is C9H18ClNO4. The first-order valence-corrected chi connectivity index (χ1v) is 4.69. The highest BCUT2D eigenvalue weighted by Crippen LogP contribution is 2.16. The predicted octanol–water partition coefficient (Wildman–Crippen LogP) is 1.10. The Labute approximate surface area is 95.1 Å². The number of halogens is 1. The van der Waals surface area contributed by atoms with Crippen molar-refractivity contribution in [3.63, 3.8) is 0 Å². The van der Waals surface area contributed by atoms with Crippen LogP contribution in [0, 0.1) is 5.92 Å². The van der Waals surface area contributed by atoms with Crippen molar-refractivity contribution in [3.05, 3.63) is 0 Å². The molecule has 1 unspecified atom stereocenters. The molecule has 4 N–H and O–H groups in total. The van der Waals surface area contributed by atoms with Gasteiger partial charge in [0.1, 0.15) is 6.04 Å². The number of aliphatic carboxylic acids is 2. The third kappa shape index (κ3) is 7.16. The smallest absolute Gasteiger partial charge is 0.320 e. The van der Waals surface area contributed by atoms with E-state index < -0.39 is 23.9 Å². The van der Waals surface area contributed by atoms with E-state index >= 15 is 0 Å². The summed E-state index contributed by atoms with van der Waals surface area (Å²) in [5.41, 5.74) is 5.39. The predicted molar refractivity (Wildman–Crippen MR) is 58.1 cm³/mol. The molecule has 15 heavy (non-hydrogen) atoms. The summed E-state index contributed by atoms with van der Waals surface area (Å²) in [7, 11) is 0. The molecule has 0 aromatic heterocycles. The lowest BCUT2D eigenvalue weighted by Crippen LogP contribution is -2.39. The maximum Gasteiger partial charge on any atom is 0.320 e. The summed E-state index contributed by atoms with van der Waals surface area (Å²) in [4.78, 5) is 21.0. The fourth-order valence-electron chi connectivity index (χ4n) is 1.30. The number of unbranched alkanes of at least 4 members (excludes halogenated alkanes) is 1. The third-order valence-electron chi connectivity index (χ3n) is 2.16. The van der Waals surface area contributed by atoms with Crippen molar-refractivity contribution in [2.24, 2.45) is 11.7 Å². The Kier molecular flexibility index (Phi) is 9.41. The second-order valence-electron chi connectivity index (χ2n) is 3.36. The quantitative estimate of drug-likeness (QED) is 0.618. The molecule has 0 aliphatic rings. The van der Waals surface area contributed by atoms with Crippen molar-refractivity contribution < 1.29 is 19.8 Å². The van der Waals surface area contributed by atoms with Gasteiger partial charge < -0.3 is 15.9 Å². The van der Waals surface area contributed by atoms with Crippen LogP contribution in [0.1, 0.15) is 32.6 Å². The number of carbonyl (C=O) groups is 2. The largest absolute Gasteiger partial charge is 0.481 e. The van der Waals surface area contributed by atoms with Gasteiger partial charge in [-0.15, -0.1) is 12.4 Å². The summed E-state index contributed by atoms with van der Waals surface area (Å²) < 4.78 is 0. The highest BCUT2D eigenvalue weighted by molar-refractivity contribution is 5.85. The summed E-state index contributed by atoms with van der Waals surface area (Å²) in [5, 5.41) is 17.2. The lowest BCUT2D eigenvalue weighted by molar-refractivity contribution is -0.142. The van der Waals surface area contributed by atoms with Crippen molar-refractivity contribution in [1.29, 1.82) is 0 Å². The number of rotatable bonds is 7. The summed E-state index contributed by atoms with van der Waals surface area (Å²) in [6.07, 6.45) is 2.09. The normalized spacial score (nSPS) is 13.7. The lowest BCUT2D eigenvalue weighted by atomic mass is 9.91. The van der Waals surface area contributed by atoms with Crippen LogP contribution in [0.2, 0.25) is 0 Å². The standard InChI is InChI=1S/C9H17NO4.ClH/c1-2-3-4-6(5-7(11)12)8(10)9(13)14;/h6,8H,2-5,10H2,1H3,(H,11,12)(H,13,14);1H/t6?,8-;/m0./s1. The number of nitrogens with two attached hydrogens (primary N) is 1. The Hall–Kier alpha value is -0.810. The van der Waals surface area contributed by atoms with Crippen LogP contribution in [0.15, 0.2) is 0 Å². The van der Waals surface area contributed by atoms with Crippen LogP contribution < -0.4 is 5.73 Å². The maximum absolute atomic E-state index is 10.6. The van der Waals surface area contributed by atoms with E-state index in [2.05, 4.69) is 0 Å². The van der Waals surface area contributed by atoms with Gasteiger partial charge >= 0.3 is 11.9 Å². The van der Waals surface area contributed by atoms with Crippen molar-refractivity contribution in [3.8, 4) is 0 Å². The van der Waals surface area contributed by atoms with Gasteiger partial charge in [-0.2, -0.15) is 0 Å². The Morgan fingerprint density at radius 1 is 1.33 bits per heavy atom. The number of carboxylic acid groups (broad SMARTS) is 2. The fourth-order valence-corrected chi connectivity index (χ4v) is 1.30. The highest BCUT2D eigenvalue weighted by Gasteiger charge is 2.25. The molecule has 6 heteroatoms. The molecule has 0 radical (unpaired) electrons. The van der Waals surface area contributed by atoms with Crippen LogP contribution in [0.5, 0.6) is 0 Å². The van der Waals surface area contributed by atoms with E-state index in [1.807, 2.05) is 6.92 Å². The molecule has 0 aromatic rings. The number of hydrogen-bond donors (Lipinski definition) is 3. The molecule has 0 fully saturated rings. The summed E-state index contributed by atoms with van der Waals surface area (Å²) >= 11 is 0. The van der Waals surface area contributed by atoms with Crippen molar-refractivity contribution >= 4 is 24.3 Å². The van der Waals surface area contributed by atoms with Crippen LogP contribution in [0.3, 0.4) is 0 Å². The Morgan fingerprint density at radius 2 is 1.87 bits per heavy atom. The molecular weight excluding hydrogens is 222 g/mol. The van der Waals surface area contributed by atoms with E-state index in [0.717, 1.165) is 12.8 Å². The van der Waals surface area contributed by atoms with Gasteiger partial charge in [-0.05, 0) is 12.3 Å². The minimum Gasteiger partial charge on any atom is -0.481 e. The van der Waals surface area contributed by atoms with Crippen molar-refractivity contribution in [2.45, 2.75) is 38.6 Å². The molecule has 0 spiro atoms. The molecule has 2 atom stereocenters. The molecule has 0 bridgehead atoms. The highest BCUT2D eigenvalue weighted by atomic mass is 35.5. The number of carboxylic acids is 2.